The molecule has 8 heteroatoms. The van der Waals surface area contributed by atoms with Crippen LogP contribution in [0.5, 0.6) is 0 Å². The Hall–Kier alpha value is -2.58. The Bertz CT molecular complexity index is 925. The molecule has 0 radical (unpaired) electrons. The van der Waals surface area contributed by atoms with Crippen LogP contribution in [0.2, 0.25) is 0 Å². The number of hydrogen-bond donors (Lipinski definition) is 1. The van der Waals surface area contributed by atoms with Crippen LogP contribution in [0.15, 0.2) is 36.4 Å². The van der Waals surface area contributed by atoms with Gasteiger partial charge in [0, 0.05) is 12.2 Å². The fraction of sp³-hybridized carbons (Fsp3) is 0.435. The minimum Gasteiger partial charge on any atom is -0.444 e. The topological polar surface area (TPSA) is 59.0 Å². The second kappa shape index (κ2) is 9.28. The molecule has 1 N–H and O–H groups in total. The van der Waals surface area contributed by atoms with Crippen molar-refractivity contribution in [2.45, 2.75) is 51.5 Å². The van der Waals surface area contributed by atoms with Crippen molar-refractivity contribution in [2.24, 2.45) is 0 Å². The van der Waals surface area contributed by atoms with Crippen molar-refractivity contribution in [1.82, 2.24) is 4.90 Å². The molecule has 1 aliphatic heterocycles. The average Bonchev–Trinajstić information content (AvgIpc) is 2.66. The smallest absolute Gasteiger partial charge is 0.411 e. The molecule has 5 nitrogen and oxygen atoms in total. The van der Waals surface area contributed by atoms with Crippen molar-refractivity contribution in [2.75, 3.05) is 13.2 Å². The Labute approximate surface area is 179 Å². The number of nitrogens with zero attached hydrogens (tertiary/aromatic N) is 1. The molecule has 2 aromatic rings. The van der Waals surface area contributed by atoms with Gasteiger partial charge in [0.25, 0.3) is 0 Å². The largest absolute Gasteiger partial charge is 0.444 e. The summed E-state index contributed by atoms with van der Waals surface area (Å²) in [6.07, 6.45) is -1.24. The van der Waals surface area contributed by atoms with Crippen LogP contribution >= 0.6 is 0 Å². The minimum absolute atomic E-state index is 0.0432. The van der Waals surface area contributed by atoms with E-state index in [2.05, 4.69) is 0 Å². The van der Waals surface area contributed by atoms with Gasteiger partial charge in [-0.15, -0.1) is 0 Å². The fourth-order valence-electron chi connectivity index (χ4n) is 3.44. The molecular weight excluding hydrogens is 411 g/mol. The summed E-state index contributed by atoms with van der Waals surface area (Å²) in [5, 5.41) is 10.4. The molecule has 1 saturated heterocycles. The first kappa shape index (κ1) is 23.1. The molecule has 1 heterocycles. The van der Waals surface area contributed by atoms with Gasteiger partial charge in [0.2, 0.25) is 0 Å². The zero-order valence-corrected chi connectivity index (χ0v) is 17.7. The van der Waals surface area contributed by atoms with Gasteiger partial charge in [-0.25, -0.2) is 18.0 Å². The van der Waals surface area contributed by atoms with Gasteiger partial charge in [0.1, 0.15) is 23.1 Å². The van der Waals surface area contributed by atoms with E-state index < -0.39 is 41.3 Å². The Morgan fingerprint density at radius 1 is 1.16 bits per heavy atom. The SMILES string of the molecule is CC(C)(C)OC(=O)N(Cc1ccc(-c2c(F)cccc2F)cc1F)[C@@H]1COCC[C@H]1O. The van der Waals surface area contributed by atoms with Crippen LogP contribution in [0.25, 0.3) is 11.1 Å². The molecular formula is C23H26F3NO4. The standard InChI is InChI=1S/C23H26F3NO4/c1-23(2,3)31-22(29)27(19-13-30-10-9-20(19)28)12-15-8-7-14(11-18(15)26)21-16(24)5-4-6-17(21)25/h4-8,11,19-20,28H,9-10,12-13H2,1-3H3/t19-,20-/m1/s1. The van der Waals surface area contributed by atoms with Crippen molar-refractivity contribution in [3.63, 3.8) is 0 Å². The van der Waals surface area contributed by atoms with E-state index in [1.54, 1.807) is 20.8 Å². The minimum atomic E-state index is -0.851. The number of amides is 1. The summed E-state index contributed by atoms with van der Waals surface area (Å²) >= 11 is 0. The lowest BCUT2D eigenvalue weighted by Gasteiger charge is -2.38. The summed E-state index contributed by atoms with van der Waals surface area (Å²) in [5.41, 5.74) is -0.959. The van der Waals surface area contributed by atoms with E-state index in [-0.39, 0.29) is 29.8 Å². The second-order valence-corrected chi connectivity index (χ2v) is 8.51. The first-order chi connectivity index (χ1) is 14.6. The first-order valence-electron chi connectivity index (χ1n) is 10.0. The molecule has 0 aliphatic carbocycles. The number of carbonyl (C=O) groups is 1. The Balaban J connectivity index is 1.91. The molecule has 31 heavy (non-hydrogen) atoms. The summed E-state index contributed by atoms with van der Waals surface area (Å²) in [7, 11) is 0. The van der Waals surface area contributed by atoms with Crippen molar-refractivity contribution in [3.05, 3.63) is 59.4 Å². The highest BCUT2D eigenvalue weighted by Crippen LogP contribution is 2.29. The second-order valence-electron chi connectivity index (χ2n) is 8.51. The van der Waals surface area contributed by atoms with Gasteiger partial charge in [-0.3, -0.25) is 4.90 Å². The van der Waals surface area contributed by atoms with Crippen molar-refractivity contribution >= 4 is 6.09 Å². The number of halogens is 3. The molecule has 1 amide bonds. The van der Waals surface area contributed by atoms with Crippen molar-refractivity contribution < 1.29 is 32.5 Å². The van der Waals surface area contributed by atoms with E-state index in [4.69, 9.17) is 9.47 Å². The van der Waals surface area contributed by atoms with Crippen LogP contribution in [-0.2, 0) is 16.0 Å². The molecule has 0 spiro atoms. The van der Waals surface area contributed by atoms with Gasteiger partial charge >= 0.3 is 6.09 Å². The van der Waals surface area contributed by atoms with Crippen molar-refractivity contribution in [1.29, 1.82) is 0 Å². The molecule has 3 rings (SSSR count). The molecule has 0 saturated carbocycles. The molecule has 0 aromatic heterocycles. The van der Waals surface area contributed by atoms with E-state index in [0.717, 1.165) is 18.2 Å². The van der Waals surface area contributed by atoms with Crippen LogP contribution in [-0.4, -0.2) is 47.1 Å². The Kier molecular flexibility index (Phi) is 6.91. The third-order valence-corrected chi connectivity index (χ3v) is 4.96. The number of carbonyl (C=O) groups excluding carboxylic acids is 1. The van der Waals surface area contributed by atoms with Gasteiger partial charge in [0.15, 0.2) is 0 Å². The van der Waals surface area contributed by atoms with E-state index in [9.17, 15) is 23.1 Å². The summed E-state index contributed by atoms with van der Waals surface area (Å²) in [5.74, 6) is -2.34. The number of rotatable bonds is 4. The van der Waals surface area contributed by atoms with Crippen LogP contribution < -0.4 is 0 Å². The van der Waals surface area contributed by atoms with E-state index >= 15 is 0 Å². The normalized spacial score (nSPS) is 19.2. The Morgan fingerprint density at radius 2 is 1.84 bits per heavy atom. The van der Waals surface area contributed by atoms with Gasteiger partial charge < -0.3 is 14.6 Å². The number of ether oxygens (including phenoxy) is 2. The maximum absolute atomic E-state index is 14.9. The van der Waals surface area contributed by atoms with Crippen LogP contribution in [0.1, 0.15) is 32.8 Å². The van der Waals surface area contributed by atoms with Gasteiger partial charge in [0.05, 0.1) is 30.9 Å². The molecule has 2 aromatic carbocycles. The summed E-state index contributed by atoms with van der Waals surface area (Å²) in [4.78, 5) is 14.0. The summed E-state index contributed by atoms with van der Waals surface area (Å²) in [6, 6.07) is 6.49. The van der Waals surface area contributed by atoms with E-state index in [1.165, 1.54) is 23.1 Å². The Morgan fingerprint density at radius 3 is 2.42 bits per heavy atom. The van der Waals surface area contributed by atoms with Gasteiger partial charge in [-0.1, -0.05) is 18.2 Å². The lowest BCUT2D eigenvalue weighted by atomic mass is 10.0. The maximum Gasteiger partial charge on any atom is 0.411 e. The first-order valence-corrected chi connectivity index (χ1v) is 10.0. The monoisotopic (exact) mass is 437 g/mol. The lowest BCUT2D eigenvalue weighted by molar-refractivity contribution is -0.0694. The third kappa shape index (κ3) is 5.57. The molecule has 0 unspecified atom stereocenters. The third-order valence-electron chi connectivity index (χ3n) is 4.96. The van der Waals surface area contributed by atoms with E-state index in [0.29, 0.717) is 13.0 Å². The van der Waals surface area contributed by atoms with Crippen LogP contribution in [0.4, 0.5) is 18.0 Å². The molecule has 1 fully saturated rings. The highest BCUT2D eigenvalue weighted by molar-refractivity contribution is 5.69. The van der Waals surface area contributed by atoms with E-state index in [1.807, 2.05) is 0 Å². The zero-order valence-electron chi connectivity index (χ0n) is 17.7. The molecule has 1 aliphatic rings. The van der Waals surface area contributed by atoms with Gasteiger partial charge in [-0.2, -0.15) is 0 Å². The molecule has 0 bridgehead atoms. The lowest BCUT2D eigenvalue weighted by Crippen LogP contribution is -2.53. The highest BCUT2D eigenvalue weighted by atomic mass is 19.1. The number of aliphatic hydroxyl groups is 1. The zero-order chi connectivity index (χ0) is 22.8. The molecule has 168 valence electrons. The quantitative estimate of drug-likeness (QED) is 0.756. The number of hydrogen-bond acceptors (Lipinski definition) is 4. The van der Waals surface area contributed by atoms with Crippen molar-refractivity contribution in [3.8, 4) is 11.1 Å². The highest BCUT2D eigenvalue weighted by Gasteiger charge is 2.35. The van der Waals surface area contributed by atoms with Crippen LogP contribution in [0.3, 0.4) is 0 Å². The number of aliphatic hydroxyl groups excluding tert-OH is 1. The fourth-order valence-corrected chi connectivity index (χ4v) is 3.44. The van der Waals surface area contributed by atoms with Gasteiger partial charge in [-0.05, 0) is 51.0 Å². The summed E-state index contributed by atoms with van der Waals surface area (Å²) < 4.78 is 53.9. The summed E-state index contributed by atoms with van der Waals surface area (Å²) in [6.45, 7) is 5.35. The molecule has 2 atom stereocenters. The average molecular weight is 437 g/mol. The predicted molar refractivity (Wildman–Crippen MR) is 109 cm³/mol. The predicted octanol–water partition coefficient (Wildman–Crippen LogP) is 4.66. The number of benzene rings is 2. The maximum atomic E-state index is 14.9. The van der Waals surface area contributed by atoms with Crippen LogP contribution in [0, 0.1) is 17.5 Å².